The van der Waals surface area contributed by atoms with Gasteiger partial charge in [-0.1, -0.05) is 0 Å². The van der Waals surface area contributed by atoms with E-state index in [9.17, 15) is 18.0 Å². The summed E-state index contributed by atoms with van der Waals surface area (Å²) in [5, 5.41) is 11.2. The van der Waals surface area contributed by atoms with Crippen molar-refractivity contribution in [2.75, 3.05) is 40.3 Å². The lowest BCUT2D eigenvalue weighted by Crippen LogP contribution is -2.57. The fourth-order valence-electron chi connectivity index (χ4n) is 4.89. The van der Waals surface area contributed by atoms with Crippen LogP contribution in [0.1, 0.15) is 32.4 Å². The molecular formula is C24H30N8O4S2. The maximum atomic E-state index is 13.6. The molecule has 0 aliphatic carbocycles. The second-order valence-corrected chi connectivity index (χ2v) is 12.6. The molecule has 0 radical (unpaired) electrons. The molecule has 5 N–H and O–H groups in total. The summed E-state index contributed by atoms with van der Waals surface area (Å²) in [5.41, 5.74) is 7.60. The molecule has 4 heterocycles. The number of nitrogens with two attached hydrogens (primary N) is 1. The number of likely N-dealkylation sites (N-methyl/N-ethyl adjacent to an activating group) is 1. The molecule has 0 spiro atoms. The lowest BCUT2D eigenvalue weighted by molar-refractivity contribution is -0.121. The monoisotopic (exact) mass is 558 g/mol. The number of hydrogen-bond donors (Lipinski definition) is 4. The van der Waals surface area contributed by atoms with Gasteiger partial charge < -0.3 is 25.8 Å². The Morgan fingerprint density at radius 1 is 1.26 bits per heavy atom. The van der Waals surface area contributed by atoms with Crippen LogP contribution in [-0.4, -0.2) is 96.5 Å². The first-order chi connectivity index (χ1) is 18.1. The first-order valence-electron chi connectivity index (χ1n) is 12.2. The van der Waals surface area contributed by atoms with Crippen LogP contribution in [0.15, 0.2) is 29.3 Å². The molecule has 1 aromatic carbocycles. The van der Waals surface area contributed by atoms with Crippen molar-refractivity contribution in [3.63, 3.8) is 0 Å². The Kier molecular flexibility index (Phi) is 6.98. The number of H-pyrrole nitrogens is 1. The van der Waals surface area contributed by atoms with Crippen molar-refractivity contribution in [1.82, 2.24) is 29.4 Å². The molecule has 38 heavy (non-hydrogen) atoms. The van der Waals surface area contributed by atoms with Gasteiger partial charge in [0.2, 0.25) is 5.91 Å². The number of nitrogen functional groups attached to an aromatic ring is 1. The molecule has 202 valence electrons. The van der Waals surface area contributed by atoms with Crippen LogP contribution in [0, 0.1) is 5.41 Å². The van der Waals surface area contributed by atoms with Crippen molar-refractivity contribution in [3.8, 4) is 0 Å². The molecule has 0 saturated carbocycles. The van der Waals surface area contributed by atoms with E-state index in [-0.39, 0.29) is 48.7 Å². The zero-order chi connectivity index (χ0) is 27.2. The first-order valence-corrected chi connectivity index (χ1v) is 14.5. The molecular weight excluding hydrogens is 528 g/mol. The SMILES string of the molecule is CNC(=O)CC1CN(S(=O)(=O)c2cc3cc(C(=N)N)ccc3[nH]2)CCN1C(=O)c1nc2c(s1)CN(C)CC2. The van der Waals surface area contributed by atoms with Crippen LogP contribution in [0.25, 0.3) is 10.9 Å². The molecule has 1 atom stereocenters. The Hall–Kier alpha value is -3.33. The van der Waals surface area contributed by atoms with Crippen LogP contribution in [0.3, 0.4) is 0 Å². The molecule has 12 nitrogen and oxygen atoms in total. The highest BCUT2D eigenvalue weighted by Gasteiger charge is 2.39. The summed E-state index contributed by atoms with van der Waals surface area (Å²) in [6.07, 6.45) is 0.748. The Balaban J connectivity index is 1.40. The van der Waals surface area contributed by atoms with Crippen molar-refractivity contribution < 1.29 is 18.0 Å². The van der Waals surface area contributed by atoms with E-state index in [1.165, 1.54) is 28.8 Å². The van der Waals surface area contributed by atoms with Gasteiger partial charge in [0, 0.05) is 74.0 Å². The molecule has 2 amide bonds. The van der Waals surface area contributed by atoms with Gasteiger partial charge >= 0.3 is 0 Å². The molecule has 2 aromatic heterocycles. The second-order valence-electron chi connectivity index (χ2n) is 9.62. The Labute approximate surface area is 224 Å². The van der Waals surface area contributed by atoms with Gasteiger partial charge in [-0.15, -0.1) is 11.3 Å². The van der Waals surface area contributed by atoms with E-state index < -0.39 is 16.1 Å². The average molecular weight is 559 g/mol. The van der Waals surface area contributed by atoms with Gasteiger partial charge in [-0.3, -0.25) is 15.0 Å². The van der Waals surface area contributed by atoms with Gasteiger partial charge in [-0.25, -0.2) is 13.4 Å². The lowest BCUT2D eigenvalue weighted by Gasteiger charge is -2.40. The summed E-state index contributed by atoms with van der Waals surface area (Å²) < 4.78 is 28.5. The number of nitrogens with zero attached hydrogens (tertiary/aromatic N) is 4. The van der Waals surface area contributed by atoms with Crippen LogP contribution in [0.4, 0.5) is 0 Å². The molecule has 2 aliphatic heterocycles. The van der Waals surface area contributed by atoms with Crippen LogP contribution < -0.4 is 11.1 Å². The molecule has 3 aromatic rings. The predicted octanol–water partition coefficient (Wildman–Crippen LogP) is 0.548. The Morgan fingerprint density at radius 3 is 2.79 bits per heavy atom. The maximum Gasteiger partial charge on any atom is 0.283 e. The number of carbonyl (C=O) groups is 2. The fraction of sp³-hybridized carbons (Fsp3) is 0.417. The standard InChI is InChI=1S/C24H30N8O4S2/c1-27-20(33)11-16-12-31(38(35,36)21-10-15-9-14(22(25)26)3-4-17(15)28-21)7-8-32(16)24(34)23-29-18-5-6-30(2)13-19(18)37-23/h3-4,9-10,16,28H,5-8,11-13H2,1-2H3,(H3,25,26)(H,27,33). The van der Waals surface area contributed by atoms with E-state index in [2.05, 4.69) is 20.2 Å². The predicted molar refractivity (Wildman–Crippen MR) is 144 cm³/mol. The minimum Gasteiger partial charge on any atom is -0.384 e. The quantitative estimate of drug-likeness (QED) is 0.253. The fourth-order valence-corrected chi connectivity index (χ4v) is 7.52. The maximum absolute atomic E-state index is 13.6. The van der Waals surface area contributed by atoms with Crippen molar-refractivity contribution in [1.29, 1.82) is 5.41 Å². The third-order valence-corrected chi connectivity index (χ3v) is 9.89. The zero-order valence-corrected chi connectivity index (χ0v) is 22.8. The molecule has 1 fully saturated rings. The Morgan fingerprint density at radius 2 is 2.05 bits per heavy atom. The number of nitrogens with one attached hydrogen (secondary N) is 3. The summed E-state index contributed by atoms with van der Waals surface area (Å²) >= 11 is 1.37. The van der Waals surface area contributed by atoms with Crippen molar-refractivity contribution in [2.45, 2.75) is 30.5 Å². The molecule has 5 rings (SSSR count). The van der Waals surface area contributed by atoms with Gasteiger partial charge in [0.1, 0.15) is 10.9 Å². The summed E-state index contributed by atoms with van der Waals surface area (Å²) in [4.78, 5) is 38.2. The third-order valence-electron chi connectivity index (χ3n) is 7.04. The number of aromatic nitrogens is 2. The van der Waals surface area contributed by atoms with Crippen LogP contribution >= 0.6 is 11.3 Å². The normalized spacial score (nSPS) is 18.9. The van der Waals surface area contributed by atoms with Gasteiger partial charge in [0.15, 0.2) is 5.01 Å². The molecule has 14 heteroatoms. The van der Waals surface area contributed by atoms with Gasteiger partial charge in [-0.05, 0) is 31.3 Å². The van der Waals surface area contributed by atoms with E-state index in [4.69, 9.17) is 11.1 Å². The number of sulfonamides is 1. The highest BCUT2D eigenvalue weighted by atomic mass is 32.2. The zero-order valence-electron chi connectivity index (χ0n) is 21.2. The highest BCUT2D eigenvalue weighted by molar-refractivity contribution is 7.89. The number of amidine groups is 1. The van der Waals surface area contributed by atoms with Crippen LogP contribution in [0.2, 0.25) is 0 Å². The number of thiazole rings is 1. The van der Waals surface area contributed by atoms with Crippen molar-refractivity contribution in [3.05, 3.63) is 45.4 Å². The van der Waals surface area contributed by atoms with E-state index in [0.717, 1.165) is 30.1 Å². The number of hydrogen-bond acceptors (Lipinski definition) is 8. The lowest BCUT2D eigenvalue weighted by atomic mass is 10.1. The summed E-state index contributed by atoms with van der Waals surface area (Å²) in [6, 6.07) is 5.85. The largest absolute Gasteiger partial charge is 0.384 e. The first kappa shape index (κ1) is 26.3. The number of carbonyl (C=O) groups excluding carboxylic acids is 2. The van der Waals surface area contributed by atoms with E-state index in [0.29, 0.717) is 21.5 Å². The van der Waals surface area contributed by atoms with Crippen LogP contribution in [-0.2, 0) is 27.8 Å². The van der Waals surface area contributed by atoms with Crippen molar-refractivity contribution >= 4 is 49.9 Å². The minimum absolute atomic E-state index is 0.00314. The number of amides is 2. The van der Waals surface area contributed by atoms with Gasteiger partial charge in [-0.2, -0.15) is 4.31 Å². The molecule has 1 saturated heterocycles. The minimum atomic E-state index is -3.95. The number of fused-ring (bicyclic) bond motifs is 2. The number of piperazine rings is 1. The highest BCUT2D eigenvalue weighted by Crippen LogP contribution is 2.29. The van der Waals surface area contributed by atoms with Crippen LogP contribution in [0.5, 0.6) is 0 Å². The second kappa shape index (κ2) is 10.1. The van der Waals surface area contributed by atoms with E-state index >= 15 is 0 Å². The average Bonchev–Trinajstić information content (AvgIpc) is 3.52. The van der Waals surface area contributed by atoms with Gasteiger partial charge in [0.05, 0.1) is 11.7 Å². The Bertz CT molecular complexity index is 1530. The topological polar surface area (TPSA) is 169 Å². The smallest absolute Gasteiger partial charge is 0.283 e. The van der Waals surface area contributed by atoms with Gasteiger partial charge in [0.25, 0.3) is 15.9 Å². The number of rotatable bonds is 6. The summed E-state index contributed by atoms with van der Waals surface area (Å²) in [7, 11) is -0.413. The molecule has 0 bridgehead atoms. The third kappa shape index (κ3) is 4.91. The molecule has 1 unspecified atom stereocenters. The summed E-state index contributed by atoms with van der Waals surface area (Å²) in [5.74, 6) is -0.668. The number of benzene rings is 1. The van der Waals surface area contributed by atoms with E-state index in [1.54, 1.807) is 23.1 Å². The van der Waals surface area contributed by atoms with E-state index in [1.807, 2.05) is 7.05 Å². The molecule has 2 aliphatic rings. The summed E-state index contributed by atoms with van der Waals surface area (Å²) in [6.45, 7) is 1.82. The number of aromatic amines is 1. The van der Waals surface area contributed by atoms with Crippen molar-refractivity contribution in [2.24, 2.45) is 5.73 Å².